The van der Waals surface area contributed by atoms with Crippen molar-refractivity contribution in [3.05, 3.63) is 47.3 Å². The van der Waals surface area contributed by atoms with Crippen molar-refractivity contribution in [2.24, 2.45) is 0 Å². The highest BCUT2D eigenvalue weighted by molar-refractivity contribution is 8.04. The van der Waals surface area contributed by atoms with Crippen molar-refractivity contribution < 1.29 is 0 Å². The molecule has 0 heterocycles. The van der Waals surface area contributed by atoms with Crippen LogP contribution < -0.4 is 0 Å². The zero-order valence-electron chi connectivity index (χ0n) is 11.3. The Labute approximate surface area is 112 Å². The van der Waals surface area contributed by atoms with Crippen LogP contribution in [-0.4, -0.2) is 0 Å². The molecule has 17 heavy (non-hydrogen) atoms. The van der Waals surface area contributed by atoms with Gasteiger partial charge in [0.25, 0.3) is 0 Å². The molecule has 0 rings (SSSR count). The number of rotatable bonds is 10. The van der Waals surface area contributed by atoms with Crippen LogP contribution in [0.2, 0.25) is 0 Å². The van der Waals surface area contributed by atoms with Gasteiger partial charge in [-0.05, 0) is 23.7 Å². The van der Waals surface area contributed by atoms with Crippen LogP contribution >= 0.6 is 11.8 Å². The lowest BCUT2D eigenvalue weighted by atomic mass is 10.2. The van der Waals surface area contributed by atoms with Crippen molar-refractivity contribution in [2.75, 3.05) is 0 Å². The monoisotopic (exact) mass is 250 g/mol. The molecular weight excluding hydrogens is 224 g/mol. The summed E-state index contributed by atoms with van der Waals surface area (Å²) in [5.74, 6) is 0. The van der Waals surface area contributed by atoms with Gasteiger partial charge in [-0.3, -0.25) is 0 Å². The molecular formula is C16H26S. The molecule has 0 atom stereocenters. The fraction of sp³-hybridized carbons (Fsp3) is 0.500. The lowest BCUT2D eigenvalue weighted by molar-refractivity contribution is 0.815. The summed E-state index contributed by atoms with van der Waals surface area (Å²) < 4.78 is 0. The Hall–Kier alpha value is -0.690. The zero-order chi connectivity index (χ0) is 12.6. The van der Waals surface area contributed by atoms with Crippen molar-refractivity contribution in [3.63, 3.8) is 0 Å². The molecule has 0 aromatic rings. The lowest BCUT2D eigenvalue weighted by Crippen LogP contribution is -1.64. The highest BCUT2D eigenvalue weighted by Crippen LogP contribution is 2.05. The van der Waals surface area contributed by atoms with E-state index >= 15 is 0 Å². The quantitative estimate of drug-likeness (QED) is 0.326. The Morgan fingerprint density at radius 2 is 1.18 bits per heavy atom. The molecule has 0 saturated carbocycles. The van der Waals surface area contributed by atoms with Crippen LogP contribution in [0.1, 0.15) is 52.4 Å². The van der Waals surface area contributed by atoms with E-state index in [2.05, 4.69) is 61.1 Å². The first-order valence-corrected chi connectivity index (χ1v) is 7.64. The Balaban J connectivity index is 3.42. The third-order valence-electron chi connectivity index (χ3n) is 2.26. The predicted molar refractivity (Wildman–Crippen MR) is 83.2 cm³/mol. The Kier molecular flexibility index (Phi) is 14.7. The van der Waals surface area contributed by atoms with Gasteiger partial charge in [0.2, 0.25) is 0 Å². The minimum Gasteiger partial charge on any atom is -0.106 e. The topological polar surface area (TPSA) is 0 Å². The first kappa shape index (κ1) is 16.3. The molecule has 0 amide bonds. The van der Waals surface area contributed by atoms with E-state index in [-0.39, 0.29) is 0 Å². The summed E-state index contributed by atoms with van der Waals surface area (Å²) in [5.41, 5.74) is 0. The molecule has 96 valence electrons. The minimum atomic E-state index is 1.20. The molecule has 0 bridgehead atoms. The van der Waals surface area contributed by atoms with Crippen LogP contribution in [0.15, 0.2) is 47.3 Å². The molecule has 0 fully saturated rings. The largest absolute Gasteiger partial charge is 0.106 e. The van der Waals surface area contributed by atoms with Gasteiger partial charge < -0.3 is 0 Å². The van der Waals surface area contributed by atoms with E-state index in [0.717, 1.165) is 0 Å². The summed E-state index contributed by atoms with van der Waals surface area (Å²) in [4.78, 5) is 0. The number of unbranched alkanes of at least 4 members (excludes halogenated alkanes) is 4. The molecule has 0 nitrogen and oxygen atoms in total. The number of thioether (sulfide) groups is 1. The molecule has 0 aliphatic rings. The van der Waals surface area contributed by atoms with Gasteiger partial charge in [-0.1, -0.05) is 76.0 Å². The molecule has 0 spiro atoms. The molecule has 0 aromatic heterocycles. The second kappa shape index (κ2) is 15.3. The van der Waals surface area contributed by atoms with Crippen LogP contribution in [0, 0.1) is 0 Å². The van der Waals surface area contributed by atoms with Crippen molar-refractivity contribution in [3.8, 4) is 0 Å². The number of hydrogen-bond acceptors (Lipinski definition) is 1. The SMILES string of the molecule is CCCCC=CC=CSC=CC=CCCCC. The molecule has 0 N–H and O–H groups in total. The second-order valence-corrected chi connectivity index (χ2v) is 4.75. The maximum atomic E-state index is 2.23. The third-order valence-corrected chi connectivity index (χ3v) is 2.89. The maximum Gasteiger partial charge on any atom is -0.0248 e. The minimum absolute atomic E-state index is 1.20. The molecule has 0 radical (unpaired) electrons. The van der Waals surface area contributed by atoms with Gasteiger partial charge >= 0.3 is 0 Å². The maximum absolute atomic E-state index is 2.23. The van der Waals surface area contributed by atoms with Crippen LogP contribution in [0.4, 0.5) is 0 Å². The van der Waals surface area contributed by atoms with Gasteiger partial charge in [0, 0.05) is 0 Å². The molecule has 0 saturated heterocycles. The molecule has 0 aromatic carbocycles. The highest BCUT2D eigenvalue weighted by atomic mass is 32.2. The summed E-state index contributed by atoms with van der Waals surface area (Å²) >= 11 is 1.72. The van der Waals surface area contributed by atoms with Crippen molar-refractivity contribution >= 4 is 11.8 Å². The van der Waals surface area contributed by atoms with E-state index in [9.17, 15) is 0 Å². The van der Waals surface area contributed by atoms with Gasteiger partial charge in [0.15, 0.2) is 0 Å². The Morgan fingerprint density at radius 1 is 0.706 bits per heavy atom. The standard InChI is InChI=1S/C16H26S/c1-3-5-7-9-11-13-15-17-16-14-12-10-8-6-4-2/h9-16H,3-8H2,1-2H3. The van der Waals surface area contributed by atoms with Crippen LogP contribution in [0.3, 0.4) is 0 Å². The van der Waals surface area contributed by atoms with Gasteiger partial charge in [0.1, 0.15) is 0 Å². The van der Waals surface area contributed by atoms with Gasteiger partial charge in [0.05, 0.1) is 0 Å². The van der Waals surface area contributed by atoms with E-state index < -0.39 is 0 Å². The first-order chi connectivity index (χ1) is 8.41. The highest BCUT2D eigenvalue weighted by Gasteiger charge is 1.76. The van der Waals surface area contributed by atoms with Crippen molar-refractivity contribution in [1.82, 2.24) is 0 Å². The van der Waals surface area contributed by atoms with Gasteiger partial charge in [-0.2, -0.15) is 0 Å². The summed E-state index contributed by atoms with van der Waals surface area (Å²) in [6, 6.07) is 0. The van der Waals surface area contributed by atoms with E-state index in [1.54, 1.807) is 11.8 Å². The van der Waals surface area contributed by atoms with Crippen molar-refractivity contribution in [1.29, 1.82) is 0 Å². The summed E-state index contributed by atoms with van der Waals surface area (Å²) in [6.45, 7) is 4.44. The van der Waals surface area contributed by atoms with E-state index in [1.165, 1.54) is 38.5 Å². The number of allylic oxidation sites excluding steroid dienone is 6. The summed E-state index contributed by atoms with van der Waals surface area (Å²) in [5, 5.41) is 4.22. The van der Waals surface area contributed by atoms with Crippen molar-refractivity contribution in [2.45, 2.75) is 52.4 Å². The Morgan fingerprint density at radius 3 is 1.59 bits per heavy atom. The fourth-order valence-electron chi connectivity index (χ4n) is 1.22. The third kappa shape index (κ3) is 15.3. The predicted octanol–water partition coefficient (Wildman–Crippen LogP) is 6.24. The normalized spacial score (nSPS) is 12.8. The summed E-state index contributed by atoms with van der Waals surface area (Å²) in [6.07, 6.45) is 20.5. The van der Waals surface area contributed by atoms with E-state index in [0.29, 0.717) is 0 Å². The van der Waals surface area contributed by atoms with E-state index in [4.69, 9.17) is 0 Å². The van der Waals surface area contributed by atoms with Crippen LogP contribution in [-0.2, 0) is 0 Å². The average Bonchev–Trinajstić information content (AvgIpc) is 2.35. The summed E-state index contributed by atoms with van der Waals surface area (Å²) in [7, 11) is 0. The number of hydrogen-bond donors (Lipinski definition) is 0. The molecule has 0 aliphatic heterocycles. The fourth-order valence-corrected chi connectivity index (χ4v) is 1.67. The average molecular weight is 250 g/mol. The van der Waals surface area contributed by atoms with Gasteiger partial charge in [-0.25, -0.2) is 0 Å². The van der Waals surface area contributed by atoms with E-state index in [1.807, 2.05) is 0 Å². The zero-order valence-corrected chi connectivity index (χ0v) is 12.1. The second-order valence-electron chi connectivity index (χ2n) is 3.93. The van der Waals surface area contributed by atoms with Crippen LogP contribution in [0.25, 0.3) is 0 Å². The van der Waals surface area contributed by atoms with Crippen LogP contribution in [0.5, 0.6) is 0 Å². The smallest absolute Gasteiger partial charge is 0.0248 e. The Bertz CT molecular complexity index is 220. The molecule has 1 heteroatoms. The first-order valence-electron chi connectivity index (χ1n) is 6.70. The lowest BCUT2D eigenvalue weighted by Gasteiger charge is -1.86. The molecule has 0 unspecified atom stereocenters. The molecule has 0 aliphatic carbocycles. The van der Waals surface area contributed by atoms with Gasteiger partial charge in [-0.15, -0.1) is 11.8 Å².